The first-order chi connectivity index (χ1) is 11.3. The first-order valence-corrected chi connectivity index (χ1v) is 8.69. The van der Waals surface area contributed by atoms with Crippen molar-refractivity contribution in [1.29, 1.82) is 0 Å². The maximum Gasteiger partial charge on any atom is 0.326 e. The highest BCUT2D eigenvalue weighted by Crippen LogP contribution is 2.30. The summed E-state index contributed by atoms with van der Waals surface area (Å²) in [7, 11) is 0. The number of carbonyl (C=O) groups is 1. The lowest BCUT2D eigenvalue weighted by Crippen LogP contribution is -3.04. The summed E-state index contributed by atoms with van der Waals surface area (Å²) in [4.78, 5) is 16.0. The van der Waals surface area contributed by atoms with Gasteiger partial charge in [-0.1, -0.05) is 42.1 Å². The third-order valence-electron chi connectivity index (χ3n) is 4.23. The van der Waals surface area contributed by atoms with Crippen molar-refractivity contribution in [3.63, 3.8) is 0 Å². The normalized spacial score (nSPS) is 22.2. The Morgan fingerprint density at radius 2 is 1.91 bits per heavy atom. The number of fused-ring (bicyclic) bond motifs is 3. The molecular formula is C18H18N3OS+. The quantitative estimate of drug-likeness (QED) is 0.845. The first kappa shape index (κ1) is 14.4. The third-order valence-corrected chi connectivity index (χ3v) is 5.34. The zero-order valence-corrected chi connectivity index (χ0v) is 13.4. The molecule has 5 heteroatoms. The number of amides is 2. The van der Waals surface area contributed by atoms with Crippen LogP contribution in [0.25, 0.3) is 0 Å². The summed E-state index contributed by atoms with van der Waals surface area (Å²) in [5, 5.41) is 5.61. The van der Waals surface area contributed by atoms with Gasteiger partial charge in [0.15, 0.2) is 5.69 Å². The number of anilines is 2. The van der Waals surface area contributed by atoms with Gasteiger partial charge in [-0.05, 0) is 18.2 Å². The van der Waals surface area contributed by atoms with Crippen molar-refractivity contribution in [3.05, 3.63) is 66.2 Å². The third kappa shape index (κ3) is 2.73. The van der Waals surface area contributed by atoms with Crippen LogP contribution in [0.4, 0.5) is 21.9 Å². The highest BCUT2D eigenvalue weighted by atomic mass is 32.2. The highest BCUT2D eigenvalue weighted by molar-refractivity contribution is 8.02. The molecule has 23 heavy (non-hydrogen) atoms. The number of carbonyl (C=O) groups excluding carboxylic acids is 1. The number of para-hydroxylation sites is 3. The Bertz CT molecular complexity index is 747. The minimum atomic E-state index is -0.0711. The fraction of sp³-hybridized carbons (Fsp3) is 0.167. The van der Waals surface area contributed by atoms with Gasteiger partial charge in [-0.2, -0.15) is 0 Å². The summed E-state index contributed by atoms with van der Waals surface area (Å²) in [5.41, 5.74) is 2.98. The lowest BCUT2D eigenvalue weighted by Gasteiger charge is -2.22. The van der Waals surface area contributed by atoms with Crippen molar-refractivity contribution in [1.82, 2.24) is 0 Å². The smallest absolute Gasteiger partial charge is 0.308 e. The first-order valence-electron chi connectivity index (χ1n) is 7.75. The lowest BCUT2D eigenvalue weighted by molar-refractivity contribution is -0.783. The predicted molar refractivity (Wildman–Crippen MR) is 95.0 cm³/mol. The number of hydrogen-bond donors (Lipinski definition) is 2. The van der Waals surface area contributed by atoms with Gasteiger partial charge >= 0.3 is 6.03 Å². The number of thioether (sulfide) groups is 1. The monoisotopic (exact) mass is 324 g/mol. The van der Waals surface area contributed by atoms with Gasteiger partial charge in [0.2, 0.25) is 0 Å². The van der Waals surface area contributed by atoms with Crippen molar-refractivity contribution in [2.45, 2.75) is 11.8 Å². The Labute approximate surface area is 139 Å². The summed E-state index contributed by atoms with van der Waals surface area (Å²) in [6.07, 6.45) is 3.15. The number of rotatable bonds is 1. The molecule has 2 aromatic rings. The summed E-state index contributed by atoms with van der Waals surface area (Å²) >= 11 is 1.84. The van der Waals surface area contributed by atoms with Crippen molar-refractivity contribution in [2.75, 3.05) is 16.8 Å². The van der Waals surface area contributed by atoms with E-state index in [0.29, 0.717) is 5.37 Å². The maximum atomic E-state index is 12.8. The fourth-order valence-corrected chi connectivity index (χ4v) is 4.13. The SMILES string of the molecule is O=C(Nc1ccccc1)N1CCC2SC=C[NH+]2c2ccccc21. The molecule has 0 radical (unpaired) electrons. The molecule has 0 aliphatic carbocycles. The molecule has 2 aliphatic heterocycles. The minimum Gasteiger partial charge on any atom is -0.308 e. The Kier molecular flexibility index (Phi) is 3.81. The van der Waals surface area contributed by atoms with Gasteiger partial charge in [0.05, 0.1) is 0 Å². The second-order valence-corrected chi connectivity index (χ2v) is 6.75. The van der Waals surface area contributed by atoms with Crippen LogP contribution in [0, 0.1) is 0 Å². The highest BCUT2D eigenvalue weighted by Gasteiger charge is 2.35. The Morgan fingerprint density at radius 3 is 2.78 bits per heavy atom. The fourth-order valence-electron chi connectivity index (χ4n) is 3.12. The molecule has 4 nitrogen and oxygen atoms in total. The van der Waals surface area contributed by atoms with Crippen LogP contribution < -0.4 is 15.1 Å². The van der Waals surface area contributed by atoms with Gasteiger partial charge in [0.1, 0.15) is 17.3 Å². The van der Waals surface area contributed by atoms with Crippen LogP contribution >= 0.6 is 11.8 Å². The lowest BCUT2D eigenvalue weighted by atomic mass is 10.2. The number of benzene rings is 2. The Morgan fingerprint density at radius 1 is 1.13 bits per heavy atom. The molecule has 116 valence electrons. The van der Waals surface area contributed by atoms with Crippen molar-refractivity contribution in [3.8, 4) is 0 Å². The van der Waals surface area contributed by atoms with E-state index < -0.39 is 0 Å². The second kappa shape index (κ2) is 6.10. The van der Waals surface area contributed by atoms with Gasteiger partial charge in [-0.3, -0.25) is 9.80 Å². The number of quaternary nitrogens is 1. The van der Waals surface area contributed by atoms with E-state index in [-0.39, 0.29) is 6.03 Å². The van der Waals surface area contributed by atoms with Crippen LogP contribution in [-0.4, -0.2) is 17.9 Å². The molecule has 2 heterocycles. The molecule has 2 aromatic carbocycles. The predicted octanol–water partition coefficient (Wildman–Crippen LogP) is 3.19. The molecule has 4 rings (SSSR count). The van der Waals surface area contributed by atoms with Crippen LogP contribution in [0.3, 0.4) is 0 Å². The molecular weight excluding hydrogens is 306 g/mol. The largest absolute Gasteiger partial charge is 0.326 e. The van der Waals surface area contributed by atoms with Gasteiger partial charge in [-0.25, -0.2) is 4.79 Å². The van der Waals surface area contributed by atoms with E-state index in [9.17, 15) is 4.79 Å². The molecule has 0 fully saturated rings. The summed E-state index contributed by atoms with van der Waals surface area (Å²) < 4.78 is 0. The zero-order valence-electron chi connectivity index (χ0n) is 12.6. The number of hydrogen-bond acceptors (Lipinski definition) is 2. The zero-order chi connectivity index (χ0) is 15.6. The van der Waals surface area contributed by atoms with E-state index in [4.69, 9.17) is 0 Å². The average molecular weight is 324 g/mol. The van der Waals surface area contributed by atoms with Gasteiger partial charge in [0, 0.05) is 30.1 Å². The van der Waals surface area contributed by atoms with E-state index in [0.717, 1.165) is 24.3 Å². The molecule has 0 spiro atoms. The Hall–Kier alpha value is -2.24. The van der Waals surface area contributed by atoms with Crippen LogP contribution in [-0.2, 0) is 0 Å². The number of nitrogens with one attached hydrogen (secondary N) is 2. The number of nitrogens with zero attached hydrogens (tertiary/aromatic N) is 1. The average Bonchev–Trinajstić information content (AvgIpc) is 2.99. The molecule has 0 saturated heterocycles. The molecule has 0 aromatic heterocycles. The van der Waals surface area contributed by atoms with E-state index in [1.54, 1.807) is 0 Å². The van der Waals surface area contributed by atoms with Crippen LogP contribution in [0.2, 0.25) is 0 Å². The van der Waals surface area contributed by atoms with E-state index >= 15 is 0 Å². The molecule has 2 aliphatic rings. The van der Waals surface area contributed by atoms with Crippen LogP contribution in [0.1, 0.15) is 6.42 Å². The second-order valence-electron chi connectivity index (χ2n) is 5.64. The Balaban J connectivity index is 1.66. The summed E-state index contributed by atoms with van der Waals surface area (Å²) in [6, 6.07) is 17.7. The summed E-state index contributed by atoms with van der Waals surface area (Å²) in [5.74, 6) is 0. The number of urea groups is 1. The minimum absolute atomic E-state index is 0.0711. The molecule has 2 N–H and O–H groups in total. The van der Waals surface area contributed by atoms with Crippen LogP contribution in [0.15, 0.2) is 66.2 Å². The van der Waals surface area contributed by atoms with Crippen molar-refractivity contribution in [2.24, 2.45) is 0 Å². The molecule has 0 saturated carbocycles. The van der Waals surface area contributed by atoms with E-state index in [1.807, 2.05) is 65.2 Å². The topological polar surface area (TPSA) is 36.8 Å². The van der Waals surface area contributed by atoms with E-state index in [2.05, 4.69) is 23.0 Å². The standard InChI is InChI=1S/C18H17N3OS/c22-18(19-14-6-2-1-3-7-14)21-11-10-17-20(12-13-23-17)15-8-4-5-9-16(15)21/h1-9,12-13,17H,10-11H2,(H,19,22)/p+1. The molecule has 2 unspecified atom stereocenters. The van der Waals surface area contributed by atoms with Gasteiger partial charge in [-0.15, -0.1) is 0 Å². The molecule has 0 bridgehead atoms. The van der Waals surface area contributed by atoms with Crippen molar-refractivity contribution >= 4 is 34.9 Å². The van der Waals surface area contributed by atoms with Crippen molar-refractivity contribution < 1.29 is 9.69 Å². The van der Waals surface area contributed by atoms with Crippen LogP contribution in [0.5, 0.6) is 0 Å². The maximum absolute atomic E-state index is 12.8. The van der Waals surface area contributed by atoms with Gasteiger partial charge in [0.25, 0.3) is 0 Å². The molecule has 2 atom stereocenters. The molecule has 2 amide bonds. The van der Waals surface area contributed by atoms with E-state index in [1.165, 1.54) is 10.6 Å². The summed E-state index contributed by atoms with van der Waals surface area (Å²) in [6.45, 7) is 0.721. The van der Waals surface area contributed by atoms with Gasteiger partial charge < -0.3 is 5.32 Å².